The van der Waals surface area contributed by atoms with E-state index in [1.165, 1.54) is 0 Å². The van der Waals surface area contributed by atoms with Gasteiger partial charge in [-0.25, -0.2) is 0 Å². The van der Waals surface area contributed by atoms with Crippen molar-refractivity contribution in [1.82, 2.24) is 24.8 Å². The van der Waals surface area contributed by atoms with Crippen LogP contribution in [0.5, 0.6) is 0 Å². The van der Waals surface area contributed by atoms with Gasteiger partial charge in [-0.3, -0.25) is 9.48 Å². The van der Waals surface area contributed by atoms with Crippen LogP contribution in [0.25, 0.3) is 0 Å². The van der Waals surface area contributed by atoms with Crippen molar-refractivity contribution in [3.8, 4) is 0 Å². The van der Waals surface area contributed by atoms with Crippen LogP contribution < -0.4 is 0 Å². The Kier molecular flexibility index (Phi) is 4.45. The third-order valence-corrected chi connectivity index (χ3v) is 4.29. The van der Waals surface area contributed by atoms with Gasteiger partial charge in [0.1, 0.15) is 6.04 Å². The van der Waals surface area contributed by atoms with E-state index in [2.05, 4.69) is 15.2 Å². The van der Waals surface area contributed by atoms with Crippen molar-refractivity contribution in [2.45, 2.75) is 59.0 Å². The molecule has 3 rings (SSSR count). The van der Waals surface area contributed by atoms with Crippen molar-refractivity contribution in [3.63, 3.8) is 0 Å². The van der Waals surface area contributed by atoms with Crippen LogP contribution in [0.15, 0.2) is 10.6 Å². The summed E-state index contributed by atoms with van der Waals surface area (Å²) in [5.74, 6) is 1.29. The number of rotatable bonds is 4. The second-order valence-corrected chi connectivity index (χ2v) is 6.18. The quantitative estimate of drug-likeness (QED) is 0.865. The molecule has 2 aromatic rings. The Labute approximate surface area is 135 Å². The van der Waals surface area contributed by atoms with E-state index in [9.17, 15) is 4.79 Å². The number of hydrogen-bond acceptors (Lipinski definition) is 5. The maximum absolute atomic E-state index is 12.7. The molecule has 23 heavy (non-hydrogen) atoms. The van der Waals surface area contributed by atoms with E-state index < -0.39 is 0 Å². The van der Waals surface area contributed by atoms with Crippen molar-refractivity contribution < 1.29 is 9.32 Å². The molecule has 2 aromatic heterocycles. The fourth-order valence-corrected chi connectivity index (χ4v) is 3.18. The zero-order chi connectivity index (χ0) is 16.4. The number of hydrogen-bond donors (Lipinski definition) is 0. The fourth-order valence-electron chi connectivity index (χ4n) is 3.18. The molecule has 1 fully saturated rings. The van der Waals surface area contributed by atoms with Crippen molar-refractivity contribution in [2.24, 2.45) is 0 Å². The minimum atomic E-state index is -0.0853. The monoisotopic (exact) mass is 317 g/mol. The first kappa shape index (κ1) is 15.7. The summed E-state index contributed by atoms with van der Waals surface area (Å²) in [6, 6.07) is 1.94. The zero-order valence-corrected chi connectivity index (χ0v) is 13.9. The number of aromatic nitrogens is 4. The van der Waals surface area contributed by atoms with Crippen molar-refractivity contribution in [1.29, 1.82) is 0 Å². The van der Waals surface area contributed by atoms with Crippen LogP contribution in [0.2, 0.25) is 0 Å². The van der Waals surface area contributed by atoms with E-state index in [-0.39, 0.29) is 11.9 Å². The molecule has 7 nitrogen and oxygen atoms in total. The highest BCUT2D eigenvalue weighted by atomic mass is 16.5. The summed E-state index contributed by atoms with van der Waals surface area (Å²) in [7, 11) is 0. The number of carbonyl (C=O) groups excluding carboxylic acids is 1. The molecule has 1 atom stereocenters. The summed E-state index contributed by atoms with van der Waals surface area (Å²) in [4.78, 5) is 18.9. The summed E-state index contributed by atoms with van der Waals surface area (Å²) in [5, 5.41) is 8.27. The van der Waals surface area contributed by atoms with Gasteiger partial charge in [-0.2, -0.15) is 10.1 Å². The highest BCUT2D eigenvalue weighted by Gasteiger charge is 2.31. The lowest BCUT2D eigenvalue weighted by atomic mass is 10.0. The minimum absolute atomic E-state index is 0.0853. The number of amides is 1. The largest absolute Gasteiger partial charge is 0.337 e. The lowest BCUT2D eigenvalue weighted by molar-refractivity contribution is -0.136. The third-order valence-electron chi connectivity index (χ3n) is 4.29. The van der Waals surface area contributed by atoms with Crippen LogP contribution in [-0.4, -0.2) is 37.3 Å². The van der Waals surface area contributed by atoms with Gasteiger partial charge in [0.05, 0.1) is 5.69 Å². The number of likely N-dealkylation sites (tertiary alicyclic amines) is 1. The predicted octanol–water partition coefficient (Wildman–Crippen LogP) is 2.34. The average Bonchev–Trinajstić information content (AvgIpc) is 3.10. The number of carbonyl (C=O) groups is 1. The molecule has 0 N–H and O–H groups in total. The molecule has 0 unspecified atom stereocenters. The van der Waals surface area contributed by atoms with Crippen molar-refractivity contribution in [3.05, 3.63) is 29.2 Å². The molecule has 124 valence electrons. The highest BCUT2D eigenvalue weighted by Crippen LogP contribution is 2.30. The Hall–Kier alpha value is -2.18. The van der Waals surface area contributed by atoms with Gasteiger partial charge >= 0.3 is 0 Å². The Morgan fingerprint density at radius 1 is 1.35 bits per heavy atom. The Bertz CT molecular complexity index is 690. The van der Waals surface area contributed by atoms with Gasteiger partial charge in [0.25, 0.3) is 0 Å². The van der Waals surface area contributed by atoms with Gasteiger partial charge in [-0.1, -0.05) is 5.16 Å². The van der Waals surface area contributed by atoms with Crippen molar-refractivity contribution >= 4 is 5.91 Å². The molecule has 1 amide bonds. The lowest BCUT2D eigenvalue weighted by Gasteiger charge is -2.33. The fraction of sp³-hybridized carbons (Fsp3) is 0.625. The zero-order valence-electron chi connectivity index (χ0n) is 13.9. The van der Waals surface area contributed by atoms with E-state index in [1.807, 2.05) is 29.5 Å². The first-order chi connectivity index (χ1) is 11.0. The number of piperidine rings is 1. The Morgan fingerprint density at radius 2 is 2.17 bits per heavy atom. The van der Waals surface area contributed by atoms with Gasteiger partial charge in [-0.05, 0) is 46.1 Å². The first-order valence-corrected chi connectivity index (χ1v) is 8.15. The third kappa shape index (κ3) is 3.43. The number of aryl methyl sites for hydroxylation is 4. The van der Waals surface area contributed by atoms with Gasteiger partial charge < -0.3 is 9.42 Å². The van der Waals surface area contributed by atoms with E-state index in [0.29, 0.717) is 24.7 Å². The summed E-state index contributed by atoms with van der Waals surface area (Å²) in [5.41, 5.74) is 2.06. The molecule has 1 saturated heterocycles. The van der Waals surface area contributed by atoms with Crippen LogP contribution in [0.4, 0.5) is 0 Å². The smallest absolute Gasteiger partial charge is 0.249 e. The number of nitrogens with zero attached hydrogens (tertiary/aromatic N) is 5. The van der Waals surface area contributed by atoms with E-state index in [0.717, 1.165) is 37.2 Å². The predicted molar refractivity (Wildman–Crippen MR) is 83.7 cm³/mol. The maximum Gasteiger partial charge on any atom is 0.249 e. The molecule has 1 aliphatic rings. The summed E-state index contributed by atoms with van der Waals surface area (Å²) >= 11 is 0. The molecule has 1 aliphatic heterocycles. The standard InChI is InChI=1S/C16H23N5O2/c1-11-10-12(2)21(18-11)9-7-15(22)20-8-5-4-6-14(20)16-17-13(3)19-23-16/h10,14H,4-9H2,1-3H3/t14-/m0/s1. The molecule has 0 spiro atoms. The Balaban J connectivity index is 1.67. The lowest BCUT2D eigenvalue weighted by Crippen LogP contribution is -2.39. The van der Waals surface area contributed by atoms with Gasteiger partial charge in [-0.15, -0.1) is 0 Å². The molecule has 0 radical (unpaired) electrons. The van der Waals surface area contributed by atoms with E-state index in [4.69, 9.17) is 4.52 Å². The van der Waals surface area contributed by atoms with Crippen molar-refractivity contribution in [2.75, 3.05) is 6.54 Å². The van der Waals surface area contributed by atoms with Crippen LogP contribution >= 0.6 is 0 Å². The first-order valence-electron chi connectivity index (χ1n) is 8.15. The van der Waals surface area contributed by atoms with Gasteiger partial charge in [0.2, 0.25) is 11.8 Å². The van der Waals surface area contributed by atoms with Gasteiger partial charge in [0, 0.05) is 25.2 Å². The average molecular weight is 317 g/mol. The van der Waals surface area contributed by atoms with Crippen LogP contribution in [-0.2, 0) is 11.3 Å². The molecule has 0 bridgehead atoms. The SMILES string of the molecule is Cc1cc(C)n(CCC(=O)N2CCCC[C@H]2c2nc(C)no2)n1. The summed E-state index contributed by atoms with van der Waals surface area (Å²) in [6.07, 6.45) is 3.42. The second kappa shape index (κ2) is 6.52. The van der Waals surface area contributed by atoms with E-state index in [1.54, 1.807) is 6.92 Å². The maximum atomic E-state index is 12.7. The summed E-state index contributed by atoms with van der Waals surface area (Å²) < 4.78 is 7.19. The normalized spacial score (nSPS) is 18.4. The molecule has 7 heteroatoms. The molecular weight excluding hydrogens is 294 g/mol. The molecule has 0 saturated carbocycles. The highest BCUT2D eigenvalue weighted by molar-refractivity contribution is 5.76. The van der Waals surface area contributed by atoms with E-state index >= 15 is 0 Å². The minimum Gasteiger partial charge on any atom is -0.337 e. The molecule has 3 heterocycles. The van der Waals surface area contributed by atoms with Crippen LogP contribution in [0, 0.1) is 20.8 Å². The van der Waals surface area contributed by atoms with Crippen LogP contribution in [0.1, 0.15) is 54.8 Å². The molecule has 0 aliphatic carbocycles. The summed E-state index contributed by atoms with van der Waals surface area (Å²) in [6.45, 7) is 7.12. The topological polar surface area (TPSA) is 77.0 Å². The molecule has 0 aromatic carbocycles. The second-order valence-electron chi connectivity index (χ2n) is 6.18. The van der Waals surface area contributed by atoms with Gasteiger partial charge in [0.15, 0.2) is 5.82 Å². The van der Waals surface area contributed by atoms with Crippen LogP contribution in [0.3, 0.4) is 0 Å². The molecular formula is C16H23N5O2. The Morgan fingerprint density at radius 3 is 2.83 bits per heavy atom.